The SMILES string of the molecule is COC(CNC(=O)CCc1nc2ccccc2s1)c1ccccc1. The second kappa shape index (κ2) is 8.04. The monoisotopic (exact) mass is 340 g/mol. The van der Waals surface area contributed by atoms with E-state index in [4.69, 9.17) is 4.74 Å². The minimum absolute atomic E-state index is 0.0206. The number of carbonyl (C=O) groups is 1. The fourth-order valence-electron chi connectivity index (χ4n) is 2.55. The molecule has 1 aromatic heterocycles. The summed E-state index contributed by atoms with van der Waals surface area (Å²) in [6.45, 7) is 0.471. The average Bonchev–Trinajstić information content (AvgIpc) is 3.04. The molecule has 24 heavy (non-hydrogen) atoms. The Morgan fingerprint density at radius 2 is 1.92 bits per heavy atom. The van der Waals surface area contributed by atoms with E-state index < -0.39 is 0 Å². The van der Waals surface area contributed by atoms with Crippen LogP contribution in [-0.2, 0) is 16.0 Å². The molecule has 0 aliphatic rings. The van der Waals surface area contributed by atoms with Gasteiger partial charge in [0.1, 0.15) is 0 Å². The molecule has 2 aromatic carbocycles. The highest BCUT2D eigenvalue weighted by Crippen LogP contribution is 2.22. The van der Waals surface area contributed by atoms with E-state index in [1.807, 2.05) is 48.5 Å². The lowest BCUT2D eigenvalue weighted by Gasteiger charge is -2.16. The quantitative estimate of drug-likeness (QED) is 0.713. The highest BCUT2D eigenvalue weighted by Gasteiger charge is 2.12. The normalized spacial score (nSPS) is 12.2. The first-order chi connectivity index (χ1) is 11.8. The van der Waals surface area contributed by atoms with Gasteiger partial charge in [0.05, 0.1) is 21.3 Å². The van der Waals surface area contributed by atoms with E-state index in [1.165, 1.54) is 0 Å². The Labute approximate surface area is 145 Å². The maximum absolute atomic E-state index is 12.1. The van der Waals surface area contributed by atoms with Crippen LogP contribution in [-0.4, -0.2) is 24.5 Å². The van der Waals surface area contributed by atoms with Gasteiger partial charge in [-0.25, -0.2) is 4.98 Å². The van der Waals surface area contributed by atoms with Crippen molar-refractivity contribution in [2.45, 2.75) is 18.9 Å². The van der Waals surface area contributed by atoms with Crippen LogP contribution in [0.15, 0.2) is 54.6 Å². The summed E-state index contributed by atoms with van der Waals surface area (Å²) in [6.07, 6.45) is 0.969. The number of para-hydroxylation sites is 1. The summed E-state index contributed by atoms with van der Waals surface area (Å²) < 4.78 is 6.63. The molecular weight excluding hydrogens is 320 g/mol. The summed E-state index contributed by atoms with van der Waals surface area (Å²) in [5.41, 5.74) is 2.06. The first-order valence-electron chi connectivity index (χ1n) is 7.95. The van der Waals surface area contributed by atoms with Crippen LogP contribution in [0.5, 0.6) is 0 Å². The maximum Gasteiger partial charge on any atom is 0.220 e. The van der Waals surface area contributed by atoms with Crippen molar-refractivity contribution >= 4 is 27.5 Å². The molecule has 1 unspecified atom stereocenters. The third-order valence-corrected chi connectivity index (χ3v) is 4.94. The Kier molecular flexibility index (Phi) is 5.56. The lowest BCUT2D eigenvalue weighted by Crippen LogP contribution is -2.29. The van der Waals surface area contributed by atoms with Gasteiger partial charge in [-0.3, -0.25) is 4.79 Å². The summed E-state index contributed by atoms with van der Waals surface area (Å²) in [6, 6.07) is 17.9. The van der Waals surface area contributed by atoms with Gasteiger partial charge in [0, 0.05) is 26.5 Å². The Hall–Kier alpha value is -2.24. The third-order valence-electron chi connectivity index (χ3n) is 3.84. The molecule has 5 heteroatoms. The number of amides is 1. The van der Waals surface area contributed by atoms with E-state index in [0.29, 0.717) is 19.4 Å². The second-order valence-electron chi connectivity index (χ2n) is 5.51. The van der Waals surface area contributed by atoms with Gasteiger partial charge in [-0.2, -0.15) is 0 Å². The number of rotatable bonds is 7. The molecule has 1 amide bonds. The van der Waals surface area contributed by atoms with Crippen molar-refractivity contribution in [3.05, 3.63) is 65.2 Å². The van der Waals surface area contributed by atoms with Gasteiger partial charge in [-0.05, 0) is 17.7 Å². The van der Waals surface area contributed by atoms with Gasteiger partial charge in [0.2, 0.25) is 5.91 Å². The molecule has 0 saturated carbocycles. The van der Waals surface area contributed by atoms with E-state index in [-0.39, 0.29) is 12.0 Å². The lowest BCUT2D eigenvalue weighted by atomic mass is 10.1. The predicted molar refractivity (Wildman–Crippen MR) is 97.1 cm³/mol. The average molecular weight is 340 g/mol. The van der Waals surface area contributed by atoms with Crippen molar-refractivity contribution in [1.29, 1.82) is 0 Å². The first kappa shape index (κ1) is 16.6. The molecule has 124 valence electrons. The minimum atomic E-state index is -0.127. The first-order valence-corrected chi connectivity index (χ1v) is 8.77. The summed E-state index contributed by atoms with van der Waals surface area (Å²) in [7, 11) is 1.66. The summed E-state index contributed by atoms with van der Waals surface area (Å²) in [5.74, 6) is 0.0206. The van der Waals surface area contributed by atoms with Crippen LogP contribution in [0.4, 0.5) is 0 Å². The molecule has 3 rings (SSSR count). The Bertz CT molecular complexity index is 768. The predicted octanol–water partition coefficient (Wildman–Crippen LogP) is 3.73. The number of benzene rings is 2. The van der Waals surface area contributed by atoms with Crippen molar-refractivity contribution in [2.75, 3.05) is 13.7 Å². The van der Waals surface area contributed by atoms with Crippen molar-refractivity contribution in [2.24, 2.45) is 0 Å². The molecule has 0 aliphatic heterocycles. The third kappa shape index (κ3) is 4.19. The van der Waals surface area contributed by atoms with Gasteiger partial charge in [0.25, 0.3) is 0 Å². The molecule has 0 spiro atoms. The van der Waals surface area contributed by atoms with Gasteiger partial charge >= 0.3 is 0 Å². The molecule has 1 heterocycles. The smallest absolute Gasteiger partial charge is 0.220 e. The van der Waals surface area contributed by atoms with E-state index in [1.54, 1.807) is 18.4 Å². The number of thiazole rings is 1. The molecule has 3 aromatic rings. The molecule has 0 radical (unpaired) electrons. The van der Waals surface area contributed by atoms with E-state index in [9.17, 15) is 4.79 Å². The van der Waals surface area contributed by atoms with Crippen molar-refractivity contribution in [3.63, 3.8) is 0 Å². The van der Waals surface area contributed by atoms with Crippen LogP contribution < -0.4 is 5.32 Å². The van der Waals surface area contributed by atoms with E-state index in [2.05, 4.69) is 16.4 Å². The number of hydrogen-bond acceptors (Lipinski definition) is 4. The number of ether oxygens (including phenoxy) is 1. The largest absolute Gasteiger partial charge is 0.375 e. The van der Waals surface area contributed by atoms with Crippen LogP contribution in [0.1, 0.15) is 23.1 Å². The highest BCUT2D eigenvalue weighted by molar-refractivity contribution is 7.18. The number of fused-ring (bicyclic) bond motifs is 1. The fraction of sp³-hybridized carbons (Fsp3) is 0.263. The molecule has 0 aliphatic carbocycles. The number of carbonyl (C=O) groups excluding carboxylic acids is 1. The number of nitrogens with one attached hydrogen (secondary N) is 1. The Morgan fingerprint density at radius 1 is 1.17 bits per heavy atom. The van der Waals surface area contributed by atoms with Crippen molar-refractivity contribution < 1.29 is 9.53 Å². The van der Waals surface area contributed by atoms with Crippen LogP contribution in [0.25, 0.3) is 10.2 Å². The Balaban J connectivity index is 1.50. The molecule has 1 N–H and O–H groups in total. The Morgan fingerprint density at radius 3 is 2.67 bits per heavy atom. The molecule has 1 atom stereocenters. The second-order valence-corrected chi connectivity index (χ2v) is 6.63. The summed E-state index contributed by atoms with van der Waals surface area (Å²) in [5, 5.41) is 3.95. The highest BCUT2D eigenvalue weighted by atomic mass is 32.1. The maximum atomic E-state index is 12.1. The van der Waals surface area contributed by atoms with Crippen LogP contribution in [0.2, 0.25) is 0 Å². The zero-order chi connectivity index (χ0) is 16.8. The van der Waals surface area contributed by atoms with E-state index >= 15 is 0 Å². The fourth-order valence-corrected chi connectivity index (χ4v) is 3.51. The van der Waals surface area contributed by atoms with Crippen LogP contribution >= 0.6 is 11.3 Å². The van der Waals surface area contributed by atoms with E-state index in [0.717, 1.165) is 20.8 Å². The summed E-state index contributed by atoms with van der Waals surface area (Å²) >= 11 is 1.65. The molecule has 0 saturated heterocycles. The minimum Gasteiger partial charge on any atom is -0.375 e. The van der Waals surface area contributed by atoms with Crippen molar-refractivity contribution in [1.82, 2.24) is 10.3 Å². The molecule has 0 fully saturated rings. The van der Waals surface area contributed by atoms with Gasteiger partial charge in [-0.15, -0.1) is 11.3 Å². The van der Waals surface area contributed by atoms with Gasteiger partial charge in [-0.1, -0.05) is 42.5 Å². The molecular formula is C19H20N2O2S. The number of nitrogens with zero attached hydrogens (tertiary/aromatic N) is 1. The van der Waals surface area contributed by atoms with Crippen LogP contribution in [0, 0.1) is 0 Å². The van der Waals surface area contributed by atoms with Crippen molar-refractivity contribution in [3.8, 4) is 0 Å². The standard InChI is InChI=1S/C19H20N2O2S/c1-23-16(14-7-3-2-4-8-14)13-20-18(22)11-12-19-21-15-9-5-6-10-17(15)24-19/h2-10,16H,11-13H2,1H3,(H,20,22). The lowest BCUT2D eigenvalue weighted by molar-refractivity contribution is -0.121. The number of hydrogen-bond donors (Lipinski definition) is 1. The zero-order valence-electron chi connectivity index (χ0n) is 13.6. The number of aryl methyl sites for hydroxylation is 1. The summed E-state index contributed by atoms with van der Waals surface area (Å²) in [4.78, 5) is 16.7. The van der Waals surface area contributed by atoms with Gasteiger partial charge < -0.3 is 10.1 Å². The number of methoxy groups -OCH3 is 1. The topological polar surface area (TPSA) is 51.2 Å². The molecule has 4 nitrogen and oxygen atoms in total. The van der Waals surface area contributed by atoms with Gasteiger partial charge in [0.15, 0.2) is 0 Å². The number of aromatic nitrogens is 1. The van der Waals surface area contributed by atoms with Crippen LogP contribution in [0.3, 0.4) is 0 Å². The zero-order valence-corrected chi connectivity index (χ0v) is 14.4. The molecule has 0 bridgehead atoms.